The van der Waals surface area contributed by atoms with E-state index >= 15 is 0 Å². The van der Waals surface area contributed by atoms with E-state index in [0.717, 1.165) is 18.5 Å². The molecule has 2 N–H and O–H groups in total. The summed E-state index contributed by atoms with van der Waals surface area (Å²) in [5, 5.41) is 9.96. The first kappa shape index (κ1) is 18.4. The molecule has 1 aromatic heterocycles. The van der Waals surface area contributed by atoms with Crippen molar-refractivity contribution in [2.24, 2.45) is 0 Å². The number of amides is 1. The molecule has 7 nitrogen and oxygen atoms in total. The molecule has 0 aliphatic carbocycles. The van der Waals surface area contributed by atoms with Crippen LogP contribution in [0, 0.1) is 0 Å². The summed E-state index contributed by atoms with van der Waals surface area (Å²) in [6.07, 6.45) is 2.87. The second kappa shape index (κ2) is 9.42. The van der Waals surface area contributed by atoms with E-state index in [-0.39, 0.29) is 12.1 Å². The average Bonchev–Trinajstić information content (AvgIpc) is 2.92. The van der Waals surface area contributed by atoms with Crippen LogP contribution in [0.15, 0.2) is 16.9 Å². The first-order valence-electron chi connectivity index (χ1n) is 7.49. The first-order chi connectivity index (χ1) is 10.4. The Morgan fingerprint density at radius 1 is 1.45 bits per heavy atom. The van der Waals surface area contributed by atoms with Gasteiger partial charge in [-0.05, 0) is 33.6 Å². The molecular formula is C15H27N3O4. The maximum atomic E-state index is 11.5. The van der Waals surface area contributed by atoms with Gasteiger partial charge >= 0.3 is 6.09 Å². The molecule has 0 radical (unpaired) electrons. The predicted octanol–water partition coefficient (Wildman–Crippen LogP) is 2.08. The molecule has 0 aliphatic rings. The number of alkyl carbamates (subject to hydrolysis) is 1. The second-order valence-electron chi connectivity index (χ2n) is 6.09. The number of methoxy groups -OCH3 is 1. The molecule has 0 aliphatic heterocycles. The van der Waals surface area contributed by atoms with E-state index in [1.165, 1.54) is 0 Å². The van der Waals surface area contributed by atoms with Crippen LogP contribution in [-0.2, 0) is 16.0 Å². The summed E-state index contributed by atoms with van der Waals surface area (Å²) >= 11 is 0. The molecule has 1 rings (SSSR count). The second-order valence-corrected chi connectivity index (χ2v) is 6.09. The lowest BCUT2D eigenvalue weighted by molar-refractivity contribution is 0.0526. The summed E-state index contributed by atoms with van der Waals surface area (Å²) in [6.45, 7) is 7.33. The van der Waals surface area contributed by atoms with Crippen molar-refractivity contribution >= 4 is 6.09 Å². The Hall–Kier alpha value is -1.60. The molecule has 7 heteroatoms. The van der Waals surface area contributed by atoms with Gasteiger partial charge in [-0.3, -0.25) is 0 Å². The first-order valence-corrected chi connectivity index (χ1v) is 7.49. The number of carbonyl (C=O) groups is 1. The van der Waals surface area contributed by atoms with Crippen molar-refractivity contribution in [3.8, 4) is 0 Å². The molecule has 0 saturated heterocycles. The summed E-state index contributed by atoms with van der Waals surface area (Å²) in [5.74, 6) is 0. The lowest BCUT2D eigenvalue weighted by Gasteiger charge is -2.20. The van der Waals surface area contributed by atoms with Gasteiger partial charge in [-0.15, -0.1) is 0 Å². The average molecular weight is 313 g/mol. The monoisotopic (exact) mass is 313 g/mol. The Labute approximate surface area is 131 Å². The zero-order valence-corrected chi connectivity index (χ0v) is 13.8. The van der Waals surface area contributed by atoms with Crippen molar-refractivity contribution in [2.45, 2.75) is 51.8 Å². The molecule has 1 heterocycles. The molecule has 0 bridgehead atoms. The maximum absolute atomic E-state index is 11.5. The van der Waals surface area contributed by atoms with Crippen LogP contribution >= 0.6 is 0 Å². The highest BCUT2D eigenvalue weighted by Gasteiger charge is 2.15. The molecule has 126 valence electrons. The number of hydrogen-bond donors (Lipinski definition) is 2. The molecule has 1 aromatic rings. The molecule has 0 spiro atoms. The van der Waals surface area contributed by atoms with Gasteiger partial charge in [-0.25, -0.2) is 4.79 Å². The summed E-state index contributed by atoms with van der Waals surface area (Å²) in [5.41, 5.74) is 0.384. The van der Waals surface area contributed by atoms with Crippen molar-refractivity contribution in [1.82, 2.24) is 15.8 Å². The highest BCUT2D eigenvalue weighted by molar-refractivity contribution is 5.67. The Kier molecular flexibility index (Phi) is 7.90. The van der Waals surface area contributed by atoms with Crippen LogP contribution in [0.2, 0.25) is 0 Å². The fourth-order valence-electron chi connectivity index (χ4n) is 1.88. The number of nitrogens with one attached hydrogen (secondary N) is 2. The largest absolute Gasteiger partial charge is 0.444 e. The lowest BCUT2D eigenvalue weighted by atomic mass is 10.1. The van der Waals surface area contributed by atoms with Gasteiger partial charge in [0.25, 0.3) is 0 Å². The molecule has 1 atom stereocenters. The Morgan fingerprint density at radius 2 is 2.23 bits per heavy atom. The minimum atomic E-state index is -0.470. The summed E-state index contributed by atoms with van der Waals surface area (Å²) in [7, 11) is 1.67. The van der Waals surface area contributed by atoms with Gasteiger partial charge in [-0.2, -0.15) is 0 Å². The number of carbonyl (C=O) groups excluding carboxylic acids is 1. The van der Waals surface area contributed by atoms with Crippen LogP contribution < -0.4 is 10.6 Å². The van der Waals surface area contributed by atoms with E-state index in [4.69, 9.17) is 14.0 Å². The SMILES string of the molecule is COCC(CCCNC(=O)OC(C)(C)C)NCc1ccon1. The zero-order valence-electron chi connectivity index (χ0n) is 13.8. The van der Waals surface area contributed by atoms with Crippen LogP contribution in [0.5, 0.6) is 0 Å². The van der Waals surface area contributed by atoms with Gasteiger partial charge in [0, 0.05) is 32.3 Å². The normalized spacial score (nSPS) is 12.9. The zero-order chi connectivity index (χ0) is 16.4. The van der Waals surface area contributed by atoms with Gasteiger partial charge < -0.3 is 24.6 Å². The summed E-state index contributed by atoms with van der Waals surface area (Å²) < 4.78 is 15.2. The fourth-order valence-corrected chi connectivity index (χ4v) is 1.88. The van der Waals surface area contributed by atoms with Gasteiger partial charge in [0.2, 0.25) is 0 Å². The van der Waals surface area contributed by atoms with E-state index in [1.54, 1.807) is 13.4 Å². The molecule has 1 unspecified atom stereocenters. The van der Waals surface area contributed by atoms with Gasteiger partial charge in [-0.1, -0.05) is 5.16 Å². The van der Waals surface area contributed by atoms with Crippen molar-refractivity contribution in [3.05, 3.63) is 18.0 Å². The van der Waals surface area contributed by atoms with Crippen LogP contribution in [0.3, 0.4) is 0 Å². The van der Waals surface area contributed by atoms with Crippen molar-refractivity contribution in [2.75, 3.05) is 20.3 Å². The van der Waals surface area contributed by atoms with E-state index in [9.17, 15) is 4.79 Å². The minimum absolute atomic E-state index is 0.196. The van der Waals surface area contributed by atoms with Crippen LogP contribution in [0.4, 0.5) is 4.79 Å². The van der Waals surface area contributed by atoms with E-state index in [1.807, 2.05) is 26.8 Å². The fraction of sp³-hybridized carbons (Fsp3) is 0.733. The number of rotatable bonds is 9. The molecule has 0 fully saturated rings. The molecule has 1 amide bonds. The Morgan fingerprint density at radius 3 is 2.82 bits per heavy atom. The Balaban J connectivity index is 2.19. The topological polar surface area (TPSA) is 85.6 Å². The van der Waals surface area contributed by atoms with Crippen molar-refractivity contribution in [3.63, 3.8) is 0 Å². The Bertz CT molecular complexity index is 415. The summed E-state index contributed by atoms with van der Waals surface area (Å²) in [6, 6.07) is 2.02. The standard InChI is InChI=1S/C15H27N3O4/c1-15(2,3)22-14(19)16-8-5-6-13(11-20-4)17-10-12-7-9-21-18-12/h7,9,13,17H,5-6,8,10-11H2,1-4H3,(H,16,19). The van der Waals surface area contributed by atoms with Gasteiger partial charge in [0.1, 0.15) is 11.9 Å². The maximum Gasteiger partial charge on any atom is 0.407 e. The van der Waals surface area contributed by atoms with E-state index in [2.05, 4.69) is 15.8 Å². The van der Waals surface area contributed by atoms with Crippen LogP contribution in [-0.4, -0.2) is 43.2 Å². The quantitative estimate of drug-likeness (QED) is 0.679. The van der Waals surface area contributed by atoms with Crippen molar-refractivity contribution in [1.29, 1.82) is 0 Å². The number of hydrogen-bond acceptors (Lipinski definition) is 6. The molecule has 22 heavy (non-hydrogen) atoms. The third-order valence-corrected chi connectivity index (χ3v) is 2.83. The lowest BCUT2D eigenvalue weighted by Crippen LogP contribution is -2.35. The number of aromatic nitrogens is 1. The molecular weight excluding hydrogens is 286 g/mol. The number of ether oxygens (including phenoxy) is 2. The van der Waals surface area contributed by atoms with E-state index < -0.39 is 5.60 Å². The third kappa shape index (κ3) is 8.63. The van der Waals surface area contributed by atoms with Crippen molar-refractivity contribution < 1.29 is 18.8 Å². The molecule has 0 saturated carbocycles. The minimum Gasteiger partial charge on any atom is -0.444 e. The van der Waals surface area contributed by atoms with Crippen LogP contribution in [0.1, 0.15) is 39.3 Å². The molecule has 0 aromatic carbocycles. The van der Waals surface area contributed by atoms with E-state index in [0.29, 0.717) is 19.7 Å². The third-order valence-electron chi connectivity index (χ3n) is 2.83. The highest BCUT2D eigenvalue weighted by atomic mass is 16.6. The highest BCUT2D eigenvalue weighted by Crippen LogP contribution is 2.06. The van der Waals surface area contributed by atoms with Gasteiger partial charge in [0.15, 0.2) is 0 Å². The van der Waals surface area contributed by atoms with Crippen LogP contribution in [0.25, 0.3) is 0 Å². The van der Waals surface area contributed by atoms with Gasteiger partial charge in [0.05, 0.1) is 12.3 Å². The predicted molar refractivity (Wildman–Crippen MR) is 82.5 cm³/mol. The summed E-state index contributed by atoms with van der Waals surface area (Å²) in [4.78, 5) is 11.5. The smallest absolute Gasteiger partial charge is 0.407 e. The number of nitrogens with zero attached hydrogens (tertiary/aromatic N) is 1.